The summed E-state index contributed by atoms with van der Waals surface area (Å²) in [5.74, 6) is -1.10. The SMILES string of the molecule is C=CCN(C(=O)NC(C(=O)O)c1ccccc1)C(C)(C)C. The molecule has 5 heteroatoms. The van der Waals surface area contributed by atoms with Gasteiger partial charge in [-0.3, -0.25) is 0 Å². The van der Waals surface area contributed by atoms with Crippen LogP contribution in [-0.4, -0.2) is 34.1 Å². The van der Waals surface area contributed by atoms with Crippen molar-refractivity contribution in [3.8, 4) is 0 Å². The summed E-state index contributed by atoms with van der Waals surface area (Å²) >= 11 is 0. The lowest BCUT2D eigenvalue weighted by Crippen LogP contribution is -2.52. The van der Waals surface area contributed by atoms with E-state index in [1.807, 2.05) is 20.8 Å². The largest absolute Gasteiger partial charge is 0.479 e. The van der Waals surface area contributed by atoms with E-state index in [0.29, 0.717) is 12.1 Å². The Labute approximate surface area is 125 Å². The first-order valence-corrected chi connectivity index (χ1v) is 6.74. The van der Waals surface area contributed by atoms with E-state index in [1.165, 1.54) is 0 Å². The monoisotopic (exact) mass is 290 g/mol. The first kappa shape index (κ1) is 16.8. The van der Waals surface area contributed by atoms with E-state index >= 15 is 0 Å². The van der Waals surface area contributed by atoms with Crippen LogP contribution in [0.5, 0.6) is 0 Å². The van der Waals surface area contributed by atoms with Gasteiger partial charge in [-0.05, 0) is 26.3 Å². The Morgan fingerprint density at radius 2 is 1.90 bits per heavy atom. The van der Waals surface area contributed by atoms with Gasteiger partial charge in [0.1, 0.15) is 0 Å². The Balaban J connectivity index is 2.96. The van der Waals surface area contributed by atoms with Crippen LogP contribution in [0.1, 0.15) is 32.4 Å². The molecule has 114 valence electrons. The number of carboxylic acid groups (broad SMARTS) is 1. The summed E-state index contributed by atoms with van der Waals surface area (Å²) in [6.45, 7) is 9.62. The Hall–Kier alpha value is -2.30. The van der Waals surface area contributed by atoms with Crippen molar-refractivity contribution in [1.82, 2.24) is 10.2 Å². The van der Waals surface area contributed by atoms with E-state index in [2.05, 4.69) is 11.9 Å². The van der Waals surface area contributed by atoms with Crippen LogP contribution in [0.15, 0.2) is 43.0 Å². The summed E-state index contributed by atoms with van der Waals surface area (Å²) in [5, 5.41) is 11.9. The molecular formula is C16H22N2O3. The number of nitrogens with zero attached hydrogens (tertiary/aromatic N) is 1. The summed E-state index contributed by atoms with van der Waals surface area (Å²) in [6.07, 6.45) is 1.61. The predicted octanol–water partition coefficient (Wildman–Crippen LogP) is 2.81. The Morgan fingerprint density at radius 1 is 1.33 bits per heavy atom. The van der Waals surface area contributed by atoms with Crippen LogP contribution in [0.4, 0.5) is 4.79 Å². The summed E-state index contributed by atoms with van der Waals surface area (Å²) < 4.78 is 0. The van der Waals surface area contributed by atoms with Crippen LogP contribution in [0.25, 0.3) is 0 Å². The lowest BCUT2D eigenvalue weighted by molar-refractivity contribution is -0.139. The normalized spacial score (nSPS) is 12.3. The van der Waals surface area contributed by atoms with Gasteiger partial charge in [0.15, 0.2) is 6.04 Å². The van der Waals surface area contributed by atoms with Crippen molar-refractivity contribution in [1.29, 1.82) is 0 Å². The molecule has 0 aliphatic heterocycles. The van der Waals surface area contributed by atoms with Crippen LogP contribution in [0.3, 0.4) is 0 Å². The fourth-order valence-electron chi connectivity index (χ4n) is 1.93. The van der Waals surface area contributed by atoms with Gasteiger partial charge in [0, 0.05) is 12.1 Å². The van der Waals surface area contributed by atoms with Gasteiger partial charge in [-0.2, -0.15) is 0 Å². The molecule has 0 fully saturated rings. The molecule has 0 saturated carbocycles. The molecule has 0 aliphatic rings. The van der Waals surface area contributed by atoms with Gasteiger partial charge in [-0.1, -0.05) is 36.4 Å². The third-order valence-corrected chi connectivity index (χ3v) is 3.01. The molecule has 1 unspecified atom stereocenters. The third kappa shape index (κ3) is 4.63. The number of carbonyl (C=O) groups excluding carboxylic acids is 1. The lowest BCUT2D eigenvalue weighted by Gasteiger charge is -2.35. The molecule has 2 amide bonds. The average molecular weight is 290 g/mol. The maximum atomic E-state index is 12.4. The van der Waals surface area contributed by atoms with Crippen LogP contribution in [0, 0.1) is 0 Å². The van der Waals surface area contributed by atoms with Gasteiger partial charge in [0.05, 0.1) is 0 Å². The molecule has 0 heterocycles. The van der Waals surface area contributed by atoms with Crippen molar-refractivity contribution in [2.24, 2.45) is 0 Å². The quantitative estimate of drug-likeness (QED) is 0.819. The second-order valence-corrected chi connectivity index (χ2v) is 5.70. The minimum Gasteiger partial charge on any atom is -0.479 e. The summed E-state index contributed by atoms with van der Waals surface area (Å²) in [5.41, 5.74) is 0.101. The van der Waals surface area contributed by atoms with Crippen molar-refractivity contribution < 1.29 is 14.7 Å². The Bertz CT molecular complexity index is 506. The number of carboxylic acids is 1. The molecule has 0 saturated heterocycles. The highest BCUT2D eigenvalue weighted by atomic mass is 16.4. The van der Waals surface area contributed by atoms with Gasteiger partial charge in [-0.15, -0.1) is 6.58 Å². The van der Waals surface area contributed by atoms with Crippen LogP contribution in [-0.2, 0) is 4.79 Å². The highest BCUT2D eigenvalue weighted by molar-refractivity contribution is 5.84. The molecule has 0 aliphatic carbocycles. The van der Waals surface area contributed by atoms with Crippen molar-refractivity contribution in [3.05, 3.63) is 48.6 Å². The van der Waals surface area contributed by atoms with Gasteiger partial charge in [0.25, 0.3) is 0 Å². The predicted molar refractivity (Wildman–Crippen MR) is 82.0 cm³/mol. The molecule has 0 radical (unpaired) electrons. The number of urea groups is 1. The second kappa shape index (κ2) is 6.92. The number of benzene rings is 1. The first-order valence-electron chi connectivity index (χ1n) is 6.74. The van der Waals surface area contributed by atoms with E-state index in [1.54, 1.807) is 41.3 Å². The van der Waals surface area contributed by atoms with E-state index < -0.39 is 23.6 Å². The number of amides is 2. The second-order valence-electron chi connectivity index (χ2n) is 5.70. The minimum absolute atomic E-state index is 0.344. The zero-order valence-corrected chi connectivity index (χ0v) is 12.7. The van der Waals surface area contributed by atoms with Crippen LogP contribution >= 0.6 is 0 Å². The van der Waals surface area contributed by atoms with Gasteiger partial charge in [0.2, 0.25) is 0 Å². The van der Waals surface area contributed by atoms with Crippen molar-refractivity contribution in [3.63, 3.8) is 0 Å². The van der Waals surface area contributed by atoms with Crippen LogP contribution < -0.4 is 5.32 Å². The number of hydrogen-bond donors (Lipinski definition) is 2. The maximum Gasteiger partial charge on any atom is 0.330 e. The molecule has 0 spiro atoms. The summed E-state index contributed by atoms with van der Waals surface area (Å²) in [7, 11) is 0. The summed E-state index contributed by atoms with van der Waals surface area (Å²) in [6, 6.07) is 7.11. The maximum absolute atomic E-state index is 12.4. The molecule has 2 N–H and O–H groups in total. The van der Waals surface area contributed by atoms with E-state index in [4.69, 9.17) is 0 Å². The Morgan fingerprint density at radius 3 is 2.33 bits per heavy atom. The Kier molecular flexibility index (Phi) is 5.52. The van der Waals surface area contributed by atoms with Crippen molar-refractivity contribution >= 4 is 12.0 Å². The van der Waals surface area contributed by atoms with Crippen molar-refractivity contribution in [2.45, 2.75) is 32.4 Å². The van der Waals surface area contributed by atoms with Crippen molar-refractivity contribution in [2.75, 3.05) is 6.54 Å². The smallest absolute Gasteiger partial charge is 0.330 e. The lowest BCUT2D eigenvalue weighted by atomic mass is 10.1. The molecule has 5 nitrogen and oxygen atoms in total. The number of nitrogens with one attached hydrogen (secondary N) is 1. The van der Waals surface area contributed by atoms with E-state index in [-0.39, 0.29) is 0 Å². The van der Waals surface area contributed by atoms with Gasteiger partial charge >= 0.3 is 12.0 Å². The average Bonchev–Trinajstić information content (AvgIpc) is 2.41. The standard InChI is InChI=1S/C16H22N2O3/c1-5-11-18(16(2,3)4)15(21)17-13(14(19)20)12-9-7-6-8-10-12/h5-10,13H,1,11H2,2-4H3,(H,17,21)(H,19,20). The van der Waals surface area contributed by atoms with Gasteiger partial charge in [-0.25, -0.2) is 9.59 Å². The molecule has 1 aromatic rings. The molecule has 1 aromatic carbocycles. The molecule has 1 atom stereocenters. The van der Waals surface area contributed by atoms with E-state index in [9.17, 15) is 14.7 Å². The molecule has 0 bridgehead atoms. The molecule has 21 heavy (non-hydrogen) atoms. The summed E-state index contributed by atoms with van der Waals surface area (Å²) in [4.78, 5) is 25.3. The fraction of sp³-hybridized carbons (Fsp3) is 0.375. The highest BCUT2D eigenvalue weighted by Crippen LogP contribution is 2.17. The molecular weight excluding hydrogens is 268 g/mol. The minimum atomic E-state index is -1.10. The van der Waals surface area contributed by atoms with E-state index in [0.717, 1.165) is 0 Å². The zero-order chi connectivity index (χ0) is 16.0. The highest BCUT2D eigenvalue weighted by Gasteiger charge is 2.29. The number of aliphatic carboxylic acids is 1. The topological polar surface area (TPSA) is 69.6 Å². The molecule has 1 rings (SSSR count). The zero-order valence-electron chi connectivity index (χ0n) is 12.7. The number of carbonyl (C=O) groups is 2. The first-order chi connectivity index (χ1) is 9.77. The number of rotatable bonds is 5. The third-order valence-electron chi connectivity index (χ3n) is 3.01. The number of hydrogen-bond acceptors (Lipinski definition) is 2. The van der Waals surface area contributed by atoms with Crippen LogP contribution in [0.2, 0.25) is 0 Å². The van der Waals surface area contributed by atoms with Gasteiger partial charge < -0.3 is 15.3 Å². The molecule has 0 aromatic heterocycles. The fourth-order valence-corrected chi connectivity index (χ4v) is 1.93.